The van der Waals surface area contributed by atoms with Crippen molar-refractivity contribution in [3.05, 3.63) is 58.7 Å². The molecule has 0 aromatic heterocycles. The summed E-state index contributed by atoms with van der Waals surface area (Å²) in [5.74, 6) is 0.324. The monoisotopic (exact) mass is 420 g/mol. The van der Waals surface area contributed by atoms with Crippen LogP contribution in [0.5, 0.6) is 0 Å². The maximum absolute atomic E-state index is 13.2. The van der Waals surface area contributed by atoms with Gasteiger partial charge in [-0.15, -0.1) is 0 Å². The molecule has 156 valence electrons. The van der Waals surface area contributed by atoms with Crippen LogP contribution in [0.25, 0.3) is 0 Å². The van der Waals surface area contributed by atoms with Crippen molar-refractivity contribution in [3.63, 3.8) is 0 Å². The third-order valence-corrected chi connectivity index (χ3v) is 7.75. The number of hydrogen-bond acceptors (Lipinski definition) is 3. The van der Waals surface area contributed by atoms with Gasteiger partial charge in [0, 0.05) is 53.5 Å². The molecule has 3 aliphatic heterocycles. The van der Waals surface area contributed by atoms with Crippen molar-refractivity contribution in [2.75, 3.05) is 26.2 Å². The van der Waals surface area contributed by atoms with Gasteiger partial charge in [0.25, 0.3) is 11.8 Å². The minimum Gasteiger partial charge on any atom is -0.339 e. The first-order chi connectivity index (χ1) is 14.7. The third kappa shape index (κ3) is 3.76. The molecule has 0 atom stereocenters. The molecular formula is C25H28N2O2S. The molecule has 2 amide bonds. The van der Waals surface area contributed by atoms with E-state index in [1.54, 1.807) is 11.8 Å². The molecule has 2 aromatic rings. The van der Waals surface area contributed by atoms with Gasteiger partial charge < -0.3 is 9.80 Å². The molecule has 0 unspecified atom stereocenters. The fourth-order valence-corrected chi connectivity index (χ4v) is 5.97. The van der Waals surface area contributed by atoms with Crippen LogP contribution in [0.2, 0.25) is 0 Å². The normalized spacial score (nSPS) is 18.5. The van der Waals surface area contributed by atoms with Gasteiger partial charge in [-0.1, -0.05) is 23.9 Å². The Hall–Kier alpha value is -2.27. The number of hydrogen-bond donors (Lipinski definition) is 0. The van der Waals surface area contributed by atoms with E-state index in [-0.39, 0.29) is 11.8 Å². The van der Waals surface area contributed by atoms with Crippen LogP contribution in [0, 0.1) is 0 Å². The van der Waals surface area contributed by atoms with Gasteiger partial charge in [-0.05, 0) is 73.9 Å². The summed E-state index contributed by atoms with van der Waals surface area (Å²) in [4.78, 5) is 32.4. The number of rotatable bonds is 2. The zero-order valence-corrected chi connectivity index (χ0v) is 18.2. The largest absolute Gasteiger partial charge is 0.339 e. The van der Waals surface area contributed by atoms with Crippen LogP contribution < -0.4 is 0 Å². The number of carbonyl (C=O) groups excluding carboxylic acids is 2. The lowest BCUT2D eigenvalue weighted by Crippen LogP contribution is -2.36. The summed E-state index contributed by atoms with van der Waals surface area (Å²) in [6, 6.07) is 12.2. The van der Waals surface area contributed by atoms with E-state index in [0.29, 0.717) is 0 Å². The number of amides is 2. The number of fused-ring (bicyclic) bond motifs is 2. The number of nitrogens with zero attached hydrogens (tertiary/aromatic N) is 2. The number of piperidine rings is 2. The highest BCUT2D eigenvalue weighted by Crippen LogP contribution is 2.41. The second kappa shape index (κ2) is 8.46. The fourth-order valence-electron chi connectivity index (χ4n) is 4.83. The molecule has 0 radical (unpaired) electrons. The lowest BCUT2D eigenvalue weighted by molar-refractivity contribution is 0.0716. The van der Waals surface area contributed by atoms with Gasteiger partial charge in [-0.2, -0.15) is 0 Å². The van der Waals surface area contributed by atoms with Gasteiger partial charge in [0.1, 0.15) is 0 Å². The maximum atomic E-state index is 13.2. The first kappa shape index (κ1) is 19.7. The Labute approximate surface area is 182 Å². The lowest BCUT2D eigenvalue weighted by Gasteiger charge is -2.29. The van der Waals surface area contributed by atoms with Crippen molar-refractivity contribution >= 4 is 23.6 Å². The SMILES string of the molecule is O=C(c1ccc2c(c1)Sc1cccc(C(=O)N3CCCCC3)c1C2)N1CCCCC1. The van der Waals surface area contributed by atoms with Gasteiger partial charge in [0.2, 0.25) is 0 Å². The van der Waals surface area contributed by atoms with Gasteiger partial charge in [0.05, 0.1) is 0 Å². The number of likely N-dealkylation sites (tertiary alicyclic amines) is 2. The number of benzene rings is 2. The van der Waals surface area contributed by atoms with Crippen molar-refractivity contribution in [1.29, 1.82) is 0 Å². The summed E-state index contributed by atoms with van der Waals surface area (Å²) in [6.45, 7) is 3.48. The van der Waals surface area contributed by atoms with E-state index in [1.165, 1.54) is 18.4 Å². The van der Waals surface area contributed by atoms with Crippen molar-refractivity contribution < 1.29 is 9.59 Å². The molecular weight excluding hydrogens is 392 g/mol. The molecule has 0 bridgehead atoms. The van der Waals surface area contributed by atoms with E-state index in [4.69, 9.17) is 0 Å². The van der Waals surface area contributed by atoms with Crippen LogP contribution in [0.15, 0.2) is 46.2 Å². The summed E-state index contributed by atoms with van der Waals surface area (Å²) >= 11 is 1.70. The highest BCUT2D eigenvalue weighted by molar-refractivity contribution is 7.99. The van der Waals surface area contributed by atoms with Crippen LogP contribution in [0.3, 0.4) is 0 Å². The lowest BCUT2D eigenvalue weighted by atomic mass is 9.96. The first-order valence-electron chi connectivity index (χ1n) is 11.2. The molecule has 0 aliphatic carbocycles. The molecule has 5 rings (SSSR count). The molecule has 2 aromatic carbocycles. The molecule has 2 saturated heterocycles. The zero-order valence-electron chi connectivity index (χ0n) is 17.4. The topological polar surface area (TPSA) is 40.6 Å². The van der Waals surface area contributed by atoms with E-state index in [2.05, 4.69) is 18.2 Å². The molecule has 0 N–H and O–H groups in total. The van der Waals surface area contributed by atoms with E-state index in [9.17, 15) is 9.59 Å². The molecule has 5 heteroatoms. The summed E-state index contributed by atoms with van der Waals surface area (Å²) in [5, 5.41) is 0. The molecule has 2 fully saturated rings. The van der Waals surface area contributed by atoms with Crippen molar-refractivity contribution in [3.8, 4) is 0 Å². The Morgan fingerprint density at radius 1 is 0.733 bits per heavy atom. The smallest absolute Gasteiger partial charge is 0.254 e. The third-order valence-electron chi connectivity index (χ3n) is 6.55. The fraction of sp³-hybridized carbons (Fsp3) is 0.440. The van der Waals surface area contributed by atoms with E-state index in [0.717, 1.165) is 84.8 Å². The highest BCUT2D eigenvalue weighted by atomic mass is 32.2. The predicted octanol–water partition coefficient (Wildman–Crippen LogP) is 4.99. The summed E-state index contributed by atoms with van der Waals surface area (Å²) in [7, 11) is 0. The van der Waals surface area contributed by atoms with Gasteiger partial charge in [-0.25, -0.2) is 0 Å². The van der Waals surface area contributed by atoms with Crippen LogP contribution in [-0.4, -0.2) is 47.8 Å². The Bertz CT molecular complexity index is 975. The Kier molecular flexibility index (Phi) is 5.55. The maximum Gasteiger partial charge on any atom is 0.254 e. The molecule has 4 nitrogen and oxygen atoms in total. The van der Waals surface area contributed by atoms with Gasteiger partial charge >= 0.3 is 0 Å². The summed E-state index contributed by atoms with van der Waals surface area (Å²) in [6.07, 6.45) is 7.61. The minimum absolute atomic E-state index is 0.151. The van der Waals surface area contributed by atoms with E-state index >= 15 is 0 Å². The van der Waals surface area contributed by atoms with Crippen molar-refractivity contribution in [1.82, 2.24) is 9.80 Å². The average Bonchev–Trinajstić information content (AvgIpc) is 2.82. The average molecular weight is 421 g/mol. The first-order valence-corrected chi connectivity index (χ1v) is 12.0. The Morgan fingerprint density at radius 3 is 2.10 bits per heavy atom. The quantitative estimate of drug-likeness (QED) is 0.586. The van der Waals surface area contributed by atoms with E-state index in [1.807, 2.05) is 28.0 Å². The van der Waals surface area contributed by atoms with Crippen LogP contribution in [0.1, 0.15) is 70.4 Å². The molecule has 3 heterocycles. The Morgan fingerprint density at radius 2 is 1.40 bits per heavy atom. The second-order valence-corrected chi connectivity index (χ2v) is 9.67. The standard InChI is InChI=1S/C25H28N2O2S/c28-24(26-12-3-1-4-13-26)19-11-10-18-16-21-20(25(29)27-14-5-2-6-15-27)8-7-9-22(21)30-23(18)17-19/h7-11,17H,1-6,12-16H2. The van der Waals surface area contributed by atoms with Crippen molar-refractivity contribution in [2.24, 2.45) is 0 Å². The highest BCUT2D eigenvalue weighted by Gasteiger charge is 2.26. The van der Waals surface area contributed by atoms with Gasteiger partial charge in [0.15, 0.2) is 0 Å². The minimum atomic E-state index is 0.151. The molecule has 3 aliphatic rings. The Balaban J connectivity index is 1.40. The molecule has 0 spiro atoms. The number of carbonyl (C=O) groups is 2. The molecule has 0 saturated carbocycles. The van der Waals surface area contributed by atoms with Crippen LogP contribution in [-0.2, 0) is 6.42 Å². The summed E-state index contributed by atoms with van der Waals surface area (Å²) < 4.78 is 0. The van der Waals surface area contributed by atoms with Crippen molar-refractivity contribution in [2.45, 2.75) is 54.7 Å². The zero-order chi connectivity index (χ0) is 20.5. The predicted molar refractivity (Wildman–Crippen MR) is 119 cm³/mol. The van der Waals surface area contributed by atoms with Crippen LogP contribution >= 0.6 is 11.8 Å². The van der Waals surface area contributed by atoms with Gasteiger partial charge in [-0.3, -0.25) is 9.59 Å². The summed E-state index contributed by atoms with van der Waals surface area (Å²) in [5.41, 5.74) is 3.98. The second-order valence-electron chi connectivity index (χ2n) is 8.59. The van der Waals surface area contributed by atoms with Crippen LogP contribution in [0.4, 0.5) is 0 Å². The molecule has 30 heavy (non-hydrogen) atoms. The van der Waals surface area contributed by atoms with E-state index < -0.39 is 0 Å².